The van der Waals surface area contributed by atoms with Crippen LogP contribution in [-0.2, 0) is 12.0 Å². The van der Waals surface area contributed by atoms with E-state index < -0.39 is 0 Å². The first-order valence-corrected chi connectivity index (χ1v) is 5.21. The smallest absolute Gasteiger partial charge is 0.0628 e. The molecular weight excluding hydrogens is 174 g/mol. The molecule has 0 saturated carbocycles. The van der Waals surface area contributed by atoms with Crippen LogP contribution >= 0.6 is 0 Å². The van der Waals surface area contributed by atoms with Crippen LogP contribution in [0.15, 0.2) is 6.07 Å². The lowest BCUT2D eigenvalue weighted by molar-refractivity contribution is 0.345. The summed E-state index contributed by atoms with van der Waals surface area (Å²) in [6.45, 7) is 9.34. The Morgan fingerprint density at radius 3 is 2.50 bits per heavy atom. The largest absolute Gasteiger partial charge is 0.330 e. The second kappa shape index (κ2) is 4.13. The molecule has 0 aromatic carbocycles. The van der Waals surface area contributed by atoms with Crippen molar-refractivity contribution >= 4 is 0 Å². The zero-order valence-corrected chi connectivity index (χ0v) is 9.67. The van der Waals surface area contributed by atoms with Crippen LogP contribution in [0.1, 0.15) is 38.6 Å². The zero-order valence-electron chi connectivity index (χ0n) is 9.67. The normalized spacial score (nSPS) is 12.1. The number of aryl methyl sites for hydroxylation is 2. The summed E-state index contributed by atoms with van der Waals surface area (Å²) < 4.78 is 2.08. The molecular formula is C11H21N3. The van der Waals surface area contributed by atoms with Gasteiger partial charge in [0.05, 0.1) is 11.2 Å². The van der Waals surface area contributed by atoms with Gasteiger partial charge in [-0.15, -0.1) is 0 Å². The fourth-order valence-electron chi connectivity index (χ4n) is 1.62. The van der Waals surface area contributed by atoms with E-state index in [2.05, 4.69) is 43.5 Å². The Bertz CT molecular complexity index is 294. The van der Waals surface area contributed by atoms with Crippen LogP contribution in [0.5, 0.6) is 0 Å². The van der Waals surface area contributed by atoms with Crippen LogP contribution in [0.3, 0.4) is 0 Å². The molecule has 0 spiro atoms. The summed E-state index contributed by atoms with van der Waals surface area (Å²) >= 11 is 0. The average molecular weight is 195 g/mol. The first kappa shape index (κ1) is 11.2. The molecule has 0 aliphatic carbocycles. The predicted molar refractivity (Wildman–Crippen MR) is 59.3 cm³/mol. The van der Waals surface area contributed by atoms with Gasteiger partial charge in [0.15, 0.2) is 0 Å². The lowest BCUT2D eigenvalue weighted by Crippen LogP contribution is -2.24. The van der Waals surface area contributed by atoms with Gasteiger partial charge >= 0.3 is 0 Å². The van der Waals surface area contributed by atoms with Crippen molar-refractivity contribution in [3.63, 3.8) is 0 Å². The van der Waals surface area contributed by atoms with E-state index in [-0.39, 0.29) is 5.54 Å². The molecule has 0 radical (unpaired) electrons. The van der Waals surface area contributed by atoms with E-state index >= 15 is 0 Å². The van der Waals surface area contributed by atoms with E-state index in [1.54, 1.807) is 0 Å². The van der Waals surface area contributed by atoms with Gasteiger partial charge in [0.1, 0.15) is 0 Å². The molecule has 1 heterocycles. The van der Waals surface area contributed by atoms with E-state index in [1.807, 2.05) is 0 Å². The molecule has 3 heteroatoms. The zero-order chi connectivity index (χ0) is 10.8. The first-order valence-electron chi connectivity index (χ1n) is 5.21. The maximum atomic E-state index is 5.47. The van der Waals surface area contributed by atoms with Crippen molar-refractivity contribution in [3.8, 4) is 0 Å². The predicted octanol–water partition coefficient (Wildman–Crippen LogP) is 1.84. The minimum Gasteiger partial charge on any atom is -0.330 e. The molecule has 0 amide bonds. The molecule has 2 N–H and O–H groups in total. The third-order valence-corrected chi connectivity index (χ3v) is 2.21. The number of nitrogens with two attached hydrogens (primary N) is 1. The van der Waals surface area contributed by atoms with Crippen molar-refractivity contribution in [2.24, 2.45) is 5.73 Å². The van der Waals surface area contributed by atoms with Gasteiger partial charge in [0.2, 0.25) is 0 Å². The molecule has 0 saturated heterocycles. The summed E-state index contributed by atoms with van der Waals surface area (Å²) in [5.74, 6) is 0. The molecule has 0 atom stereocenters. The van der Waals surface area contributed by atoms with Crippen LogP contribution in [0.2, 0.25) is 0 Å². The molecule has 80 valence electrons. The number of hydrogen-bond donors (Lipinski definition) is 1. The Morgan fingerprint density at radius 2 is 2.07 bits per heavy atom. The van der Waals surface area contributed by atoms with Gasteiger partial charge in [-0.05, 0) is 53.1 Å². The summed E-state index contributed by atoms with van der Waals surface area (Å²) in [5, 5.41) is 4.58. The fraction of sp³-hybridized carbons (Fsp3) is 0.727. The van der Waals surface area contributed by atoms with Crippen LogP contribution in [0.25, 0.3) is 0 Å². The van der Waals surface area contributed by atoms with Crippen LogP contribution in [0.4, 0.5) is 0 Å². The number of hydrogen-bond acceptors (Lipinski definition) is 2. The van der Waals surface area contributed by atoms with Gasteiger partial charge in [-0.25, -0.2) is 0 Å². The highest BCUT2D eigenvalue weighted by molar-refractivity contribution is 5.10. The lowest BCUT2D eigenvalue weighted by atomic mass is 10.1. The van der Waals surface area contributed by atoms with Crippen molar-refractivity contribution < 1.29 is 0 Å². The Kier molecular flexibility index (Phi) is 3.32. The summed E-state index contributed by atoms with van der Waals surface area (Å²) in [4.78, 5) is 0. The van der Waals surface area contributed by atoms with E-state index in [0.29, 0.717) is 0 Å². The molecule has 3 nitrogen and oxygen atoms in total. The third kappa shape index (κ3) is 2.58. The monoisotopic (exact) mass is 195 g/mol. The van der Waals surface area contributed by atoms with E-state index in [0.717, 1.165) is 25.1 Å². The SMILES string of the molecule is Cc1cc(CCCN)nn1C(C)(C)C. The van der Waals surface area contributed by atoms with E-state index in [9.17, 15) is 0 Å². The molecule has 14 heavy (non-hydrogen) atoms. The fourth-order valence-corrected chi connectivity index (χ4v) is 1.62. The maximum Gasteiger partial charge on any atom is 0.0628 e. The third-order valence-electron chi connectivity index (χ3n) is 2.21. The Balaban J connectivity index is 2.83. The molecule has 0 aliphatic heterocycles. The minimum atomic E-state index is 0.0745. The van der Waals surface area contributed by atoms with Gasteiger partial charge in [0, 0.05) is 5.69 Å². The molecule has 0 bridgehead atoms. The summed E-state index contributed by atoms with van der Waals surface area (Å²) in [6.07, 6.45) is 2.00. The Labute approximate surface area is 86.3 Å². The quantitative estimate of drug-likeness (QED) is 0.799. The Morgan fingerprint density at radius 1 is 1.43 bits per heavy atom. The number of aromatic nitrogens is 2. The molecule has 0 aliphatic rings. The van der Waals surface area contributed by atoms with Crippen molar-refractivity contribution in [1.29, 1.82) is 0 Å². The highest BCUT2D eigenvalue weighted by atomic mass is 15.3. The summed E-state index contributed by atoms with van der Waals surface area (Å²) in [6, 6.07) is 2.15. The highest BCUT2D eigenvalue weighted by Crippen LogP contribution is 2.17. The van der Waals surface area contributed by atoms with Crippen molar-refractivity contribution in [2.45, 2.75) is 46.1 Å². The van der Waals surface area contributed by atoms with Crippen LogP contribution in [0, 0.1) is 6.92 Å². The van der Waals surface area contributed by atoms with Crippen molar-refractivity contribution in [2.75, 3.05) is 6.54 Å². The molecule has 1 rings (SSSR count). The minimum absolute atomic E-state index is 0.0745. The van der Waals surface area contributed by atoms with Gasteiger partial charge in [-0.1, -0.05) is 0 Å². The van der Waals surface area contributed by atoms with Gasteiger partial charge in [-0.3, -0.25) is 4.68 Å². The number of nitrogens with zero attached hydrogens (tertiary/aromatic N) is 2. The molecule has 1 aromatic rings. The van der Waals surface area contributed by atoms with E-state index in [4.69, 9.17) is 5.73 Å². The average Bonchev–Trinajstić information content (AvgIpc) is 2.42. The first-order chi connectivity index (χ1) is 6.45. The number of rotatable bonds is 3. The van der Waals surface area contributed by atoms with Gasteiger partial charge in [-0.2, -0.15) is 5.10 Å². The second-order valence-electron chi connectivity index (χ2n) is 4.75. The lowest BCUT2D eigenvalue weighted by Gasteiger charge is -2.21. The van der Waals surface area contributed by atoms with Crippen molar-refractivity contribution in [3.05, 3.63) is 17.5 Å². The van der Waals surface area contributed by atoms with Gasteiger partial charge in [0.25, 0.3) is 0 Å². The Hall–Kier alpha value is -0.830. The highest BCUT2D eigenvalue weighted by Gasteiger charge is 2.16. The van der Waals surface area contributed by atoms with Gasteiger partial charge < -0.3 is 5.73 Å². The molecule has 1 aromatic heterocycles. The standard InChI is InChI=1S/C11H21N3/c1-9-8-10(6-5-7-12)13-14(9)11(2,3)4/h8H,5-7,12H2,1-4H3. The molecule has 0 unspecified atom stereocenters. The second-order valence-corrected chi connectivity index (χ2v) is 4.75. The van der Waals surface area contributed by atoms with E-state index in [1.165, 1.54) is 5.69 Å². The van der Waals surface area contributed by atoms with Crippen LogP contribution in [-0.4, -0.2) is 16.3 Å². The maximum absolute atomic E-state index is 5.47. The van der Waals surface area contributed by atoms with Crippen LogP contribution < -0.4 is 5.73 Å². The summed E-state index contributed by atoms with van der Waals surface area (Å²) in [5.41, 5.74) is 7.93. The van der Waals surface area contributed by atoms with Crippen molar-refractivity contribution in [1.82, 2.24) is 9.78 Å². The summed E-state index contributed by atoms with van der Waals surface area (Å²) in [7, 11) is 0. The topological polar surface area (TPSA) is 43.8 Å². The molecule has 0 fully saturated rings.